The molecule has 124 valence electrons. The lowest BCUT2D eigenvalue weighted by molar-refractivity contribution is 0.0501. The monoisotopic (exact) mass is 315 g/mol. The lowest BCUT2D eigenvalue weighted by atomic mass is 9.99. The van der Waals surface area contributed by atoms with E-state index in [-0.39, 0.29) is 0 Å². The summed E-state index contributed by atoms with van der Waals surface area (Å²) in [5.41, 5.74) is 2.25. The number of imidazole rings is 1. The van der Waals surface area contributed by atoms with Crippen molar-refractivity contribution in [3.05, 3.63) is 24.2 Å². The van der Waals surface area contributed by atoms with Gasteiger partial charge >= 0.3 is 0 Å². The zero-order chi connectivity index (χ0) is 15.5. The molecule has 2 aliphatic rings. The van der Waals surface area contributed by atoms with E-state index in [4.69, 9.17) is 9.84 Å². The number of fused-ring (bicyclic) bond motifs is 1. The van der Waals surface area contributed by atoms with Crippen LogP contribution < -0.4 is 5.32 Å². The van der Waals surface area contributed by atoms with Gasteiger partial charge in [0, 0.05) is 45.2 Å². The van der Waals surface area contributed by atoms with Crippen LogP contribution in [0, 0.1) is 5.92 Å². The number of hydrogen-bond donors (Lipinski definition) is 1. The van der Waals surface area contributed by atoms with Crippen LogP contribution in [-0.2, 0) is 24.4 Å². The SMILES string of the molecule is c1cn(CCC2CCCOC2)c(-c2cc3n(n2)CCCNC3)n1. The van der Waals surface area contributed by atoms with E-state index in [1.807, 2.05) is 6.20 Å². The summed E-state index contributed by atoms with van der Waals surface area (Å²) in [6.07, 6.45) is 8.72. The van der Waals surface area contributed by atoms with Gasteiger partial charge in [0.1, 0.15) is 5.69 Å². The summed E-state index contributed by atoms with van der Waals surface area (Å²) in [6, 6.07) is 2.18. The molecule has 0 spiro atoms. The number of nitrogens with zero attached hydrogens (tertiary/aromatic N) is 4. The summed E-state index contributed by atoms with van der Waals surface area (Å²) in [4.78, 5) is 4.55. The van der Waals surface area contributed by atoms with Crippen molar-refractivity contribution in [3.63, 3.8) is 0 Å². The smallest absolute Gasteiger partial charge is 0.160 e. The summed E-state index contributed by atoms with van der Waals surface area (Å²) >= 11 is 0. The highest BCUT2D eigenvalue weighted by Gasteiger charge is 2.17. The fraction of sp³-hybridized carbons (Fsp3) is 0.647. The van der Waals surface area contributed by atoms with Gasteiger partial charge in [-0.25, -0.2) is 4.98 Å². The van der Waals surface area contributed by atoms with Crippen LogP contribution in [0.4, 0.5) is 0 Å². The van der Waals surface area contributed by atoms with Crippen molar-refractivity contribution in [3.8, 4) is 11.5 Å². The maximum atomic E-state index is 5.59. The topological polar surface area (TPSA) is 56.9 Å². The van der Waals surface area contributed by atoms with E-state index in [9.17, 15) is 0 Å². The maximum absolute atomic E-state index is 5.59. The van der Waals surface area contributed by atoms with Crippen LogP contribution in [0.15, 0.2) is 18.5 Å². The summed E-state index contributed by atoms with van der Waals surface area (Å²) in [5, 5.41) is 8.22. The molecule has 1 saturated heterocycles. The fourth-order valence-corrected chi connectivity index (χ4v) is 3.55. The van der Waals surface area contributed by atoms with Gasteiger partial charge in [0.25, 0.3) is 0 Å². The number of rotatable bonds is 4. The second kappa shape index (κ2) is 6.84. The Hall–Kier alpha value is -1.66. The second-order valence-corrected chi connectivity index (χ2v) is 6.59. The van der Waals surface area contributed by atoms with Crippen LogP contribution in [0.25, 0.3) is 11.5 Å². The third-order valence-corrected chi connectivity index (χ3v) is 4.87. The van der Waals surface area contributed by atoms with E-state index < -0.39 is 0 Å². The molecule has 0 radical (unpaired) electrons. The Balaban J connectivity index is 1.48. The van der Waals surface area contributed by atoms with Gasteiger partial charge in [0.05, 0.1) is 5.69 Å². The molecule has 2 aliphatic heterocycles. The van der Waals surface area contributed by atoms with E-state index in [0.717, 1.165) is 63.8 Å². The summed E-state index contributed by atoms with van der Waals surface area (Å²) in [6.45, 7) is 5.78. The molecular formula is C17H25N5O. The number of aryl methyl sites for hydroxylation is 2. The van der Waals surface area contributed by atoms with Crippen molar-refractivity contribution >= 4 is 0 Å². The molecule has 0 saturated carbocycles. The van der Waals surface area contributed by atoms with Crippen LogP contribution >= 0.6 is 0 Å². The summed E-state index contributed by atoms with van der Waals surface area (Å²) < 4.78 is 9.95. The van der Waals surface area contributed by atoms with E-state index in [2.05, 4.69) is 31.8 Å². The largest absolute Gasteiger partial charge is 0.381 e. The molecule has 4 heterocycles. The number of aromatic nitrogens is 4. The molecule has 1 atom stereocenters. The van der Waals surface area contributed by atoms with Gasteiger partial charge in [-0.2, -0.15) is 5.10 Å². The molecule has 0 bridgehead atoms. The van der Waals surface area contributed by atoms with Crippen molar-refractivity contribution in [2.45, 2.75) is 45.3 Å². The Morgan fingerprint density at radius 3 is 3.26 bits per heavy atom. The molecule has 23 heavy (non-hydrogen) atoms. The van der Waals surface area contributed by atoms with Crippen LogP contribution in [0.3, 0.4) is 0 Å². The average Bonchev–Trinajstić information content (AvgIpc) is 3.15. The minimum Gasteiger partial charge on any atom is -0.381 e. The minimum absolute atomic E-state index is 0.682. The molecule has 4 rings (SSSR count). The van der Waals surface area contributed by atoms with Gasteiger partial charge in [0.15, 0.2) is 5.82 Å². The molecule has 6 heteroatoms. The Labute approximate surface area is 136 Å². The van der Waals surface area contributed by atoms with Crippen molar-refractivity contribution in [2.24, 2.45) is 5.92 Å². The highest BCUT2D eigenvalue weighted by molar-refractivity contribution is 5.50. The van der Waals surface area contributed by atoms with E-state index in [1.54, 1.807) is 0 Å². The first-order valence-corrected chi connectivity index (χ1v) is 8.77. The summed E-state index contributed by atoms with van der Waals surface area (Å²) in [5.74, 6) is 1.67. The second-order valence-electron chi connectivity index (χ2n) is 6.59. The number of nitrogens with one attached hydrogen (secondary N) is 1. The van der Waals surface area contributed by atoms with Gasteiger partial charge in [-0.15, -0.1) is 0 Å². The highest BCUT2D eigenvalue weighted by atomic mass is 16.5. The van der Waals surface area contributed by atoms with Gasteiger partial charge in [-0.1, -0.05) is 0 Å². The van der Waals surface area contributed by atoms with Crippen molar-refractivity contribution in [2.75, 3.05) is 19.8 Å². The Morgan fingerprint density at radius 1 is 1.35 bits per heavy atom. The van der Waals surface area contributed by atoms with Gasteiger partial charge < -0.3 is 14.6 Å². The number of hydrogen-bond acceptors (Lipinski definition) is 4. The molecule has 6 nitrogen and oxygen atoms in total. The minimum atomic E-state index is 0.682. The van der Waals surface area contributed by atoms with Crippen molar-refractivity contribution < 1.29 is 4.74 Å². The normalized spacial score (nSPS) is 21.8. The quantitative estimate of drug-likeness (QED) is 0.938. The van der Waals surface area contributed by atoms with Crippen LogP contribution in [0.2, 0.25) is 0 Å². The molecule has 0 amide bonds. The molecule has 1 unspecified atom stereocenters. The molecular weight excluding hydrogens is 290 g/mol. The van der Waals surface area contributed by atoms with E-state index in [0.29, 0.717) is 5.92 Å². The Kier molecular flexibility index (Phi) is 4.43. The average molecular weight is 315 g/mol. The number of ether oxygens (including phenoxy) is 1. The predicted molar refractivity (Wildman–Crippen MR) is 87.9 cm³/mol. The fourth-order valence-electron chi connectivity index (χ4n) is 3.55. The third-order valence-electron chi connectivity index (χ3n) is 4.87. The lowest BCUT2D eigenvalue weighted by Crippen LogP contribution is -2.19. The Morgan fingerprint density at radius 2 is 2.35 bits per heavy atom. The lowest BCUT2D eigenvalue weighted by Gasteiger charge is -2.22. The zero-order valence-electron chi connectivity index (χ0n) is 13.6. The van der Waals surface area contributed by atoms with E-state index in [1.165, 1.54) is 18.5 Å². The van der Waals surface area contributed by atoms with Crippen LogP contribution in [-0.4, -0.2) is 39.1 Å². The standard InChI is InChI=1S/C17H25N5O/c1-3-14(13-23-10-1)4-8-21-9-6-19-17(21)16-11-15-12-18-5-2-7-22(15)20-16/h6,9,11,14,18H,1-5,7-8,10,12-13H2. The zero-order valence-corrected chi connectivity index (χ0v) is 13.6. The van der Waals surface area contributed by atoms with Crippen molar-refractivity contribution in [1.29, 1.82) is 0 Å². The van der Waals surface area contributed by atoms with Gasteiger partial charge in [-0.3, -0.25) is 4.68 Å². The van der Waals surface area contributed by atoms with Crippen LogP contribution in [0.1, 0.15) is 31.4 Å². The van der Waals surface area contributed by atoms with Gasteiger partial charge in [0.2, 0.25) is 0 Å². The summed E-state index contributed by atoms with van der Waals surface area (Å²) in [7, 11) is 0. The molecule has 2 aromatic rings. The van der Waals surface area contributed by atoms with Gasteiger partial charge in [-0.05, 0) is 44.2 Å². The van der Waals surface area contributed by atoms with Crippen molar-refractivity contribution in [1.82, 2.24) is 24.6 Å². The first kappa shape index (κ1) is 14.9. The molecule has 0 aliphatic carbocycles. The molecule has 0 aromatic carbocycles. The van der Waals surface area contributed by atoms with E-state index >= 15 is 0 Å². The predicted octanol–water partition coefficient (Wildman–Crippen LogP) is 2.06. The highest BCUT2D eigenvalue weighted by Crippen LogP contribution is 2.22. The maximum Gasteiger partial charge on any atom is 0.160 e. The molecule has 2 aromatic heterocycles. The Bertz CT molecular complexity index is 618. The first-order valence-electron chi connectivity index (χ1n) is 8.77. The third kappa shape index (κ3) is 3.33. The molecule has 1 N–H and O–H groups in total. The molecule has 1 fully saturated rings. The first-order chi connectivity index (χ1) is 11.4. The van der Waals surface area contributed by atoms with Crippen LogP contribution in [0.5, 0.6) is 0 Å².